The first-order valence-corrected chi connectivity index (χ1v) is 9.44. The molecule has 2 aromatic rings. The molecule has 0 aromatic heterocycles. The summed E-state index contributed by atoms with van der Waals surface area (Å²) in [5.41, 5.74) is 2.73. The summed E-state index contributed by atoms with van der Waals surface area (Å²) >= 11 is 0. The van der Waals surface area contributed by atoms with E-state index < -0.39 is 0 Å². The van der Waals surface area contributed by atoms with Crippen LogP contribution in [0.4, 0.5) is 0 Å². The highest BCUT2D eigenvalue weighted by molar-refractivity contribution is 5.27. The lowest BCUT2D eigenvalue weighted by Crippen LogP contribution is -2.33. The van der Waals surface area contributed by atoms with Crippen molar-refractivity contribution in [1.82, 2.24) is 10.2 Å². The number of nitrogens with one attached hydrogen (secondary N) is 1. The van der Waals surface area contributed by atoms with E-state index in [0.29, 0.717) is 5.92 Å². The van der Waals surface area contributed by atoms with E-state index in [-0.39, 0.29) is 0 Å². The number of benzene rings is 2. The predicted molar refractivity (Wildman–Crippen MR) is 104 cm³/mol. The molecule has 0 radical (unpaired) electrons. The van der Waals surface area contributed by atoms with Gasteiger partial charge in [-0.05, 0) is 56.1 Å². The van der Waals surface area contributed by atoms with Crippen LogP contribution in [-0.2, 0) is 13.0 Å². The minimum absolute atomic E-state index is 0.651. The van der Waals surface area contributed by atoms with Crippen LogP contribution in [0.1, 0.15) is 24.0 Å². The average Bonchev–Trinajstić information content (AvgIpc) is 2.67. The Balaban J connectivity index is 1.40. The Bertz CT molecular complexity index is 606. The van der Waals surface area contributed by atoms with Gasteiger partial charge in [-0.2, -0.15) is 0 Å². The molecule has 134 valence electrons. The van der Waals surface area contributed by atoms with Crippen molar-refractivity contribution in [2.24, 2.45) is 5.92 Å². The van der Waals surface area contributed by atoms with Crippen molar-refractivity contribution in [3.05, 3.63) is 65.7 Å². The van der Waals surface area contributed by atoms with E-state index in [4.69, 9.17) is 4.74 Å². The molecule has 1 N–H and O–H groups in total. The Morgan fingerprint density at radius 2 is 1.84 bits per heavy atom. The molecule has 0 unspecified atom stereocenters. The maximum Gasteiger partial charge on any atom is 0.119 e. The Morgan fingerprint density at radius 3 is 2.56 bits per heavy atom. The third-order valence-electron chi connectivity index (χ3n) is 4.89. The molecule has 3 heteroatoms. The van der Waals surface area contributed by atoms with Gasteiger partial charge in [-0.1, -0.05) is 42.5 Å². The van der Waals surface area contributed by atoms with E-state index in [1.165, 1.54) is 24.0 Å². The summed E-state index contributed by atoms with van der Waals surface area (Å²) in [6.45, 7) is 5.10. The number of likely N-dealkylation sites (N-methyl/N-ethyl adjacent to an activating group) is 1. The van der Waals surface area contributed by atoms with Crippen LogP contribution in [0.2, 0.25) is 0 Å². The maximum atomic E-state index is 5.96. The van der Waals surface area contributed by atoms with E-state index in [1.807, 2.05) is 0 Å². The fraction of sp³-hybridized carbons (Fsp3) is 0.455. The van der Waals surface area contributed by atoms with Gasteiger partial charge >= 0.3 is 0 Å². The summed E-state index contributed by atoms with van der Waals surface area (Å²) in [7, 11) is 2.18. The largest absolute Gasteiger partial charge is 0.493 e. The van der Waals surface area contributed by atoms with Gasteiger partial charge in [-0.15, -0.1) is 0 Å². The Labute approximate surface area is 152 Å². The number of piperidine rings is 1. The summed E-state index contributed by atoms with van der Waals surface area (Å²) in [4.78, 5) is 2.37. The molecule has 0 spiro atoms. The minimum atomic E-state index is 0.651. The monoisotopic (exact) mass is 338 g/mol. The van der Waals surface area contributed by atoms with Crippen LogP contribution in [0.15, 0.2) is 54.6 Å². The molecule has 0 aliphatic carbocycles. The van der Waals surface area contributed by atoms with Crippen molar-refractivity contribution in [3.63, 3.8) is 0 Å². The second-order valence-corrected chi connectivity index (χ2v) is 7.14. The third-order valence-corrected chi connectivity index (χ3v) is 4.89. The van der Waals surface area contributed by atoms with Gasteiger partial charge < -0.3 is 15.0 Å². The van der Waals surface area contributed by atoms with Crippen LogP contribution in [-0.4, -0.2) is 38.2 Å². The third kappa shape index (κ3) is 6.18. The molecule has 0 saturated carbocycles. The zero-order valence-electron chi connectivity index (χ0n) is 15.3. The Kier molecular flexibility index (Phi) is 6.89. The average molecular weight is 338 g/mol. The highest BCUT2D eigenvalue weighted by Gasteiger charge is 2.13. The van der Waals surface area contributed by atoms with Crippen LogP contribution >= 0.6 is 0 Å². The molecule has 0 amide bonds. The van der Waals surface area contributed by atoms with Gasteiger partial charge in [0.05, 0.1) is 6.61 Å². The number of rotatable bonds is 8. The molecular formula is C22H30N2O. The minimum Gasteiger partial charge on any atom is -0.493 e. The van der Waals surface area contributed by atoms with Gasteiger partial charge in [-0.25, -0.2) is 0 Å². The SMILES string of the molecule is CN(CCc1ccccc1)Cc1ccc(OC[C@H]2CCCNC2)cc1. The highest BCUT2D eigenvalue weighted by atomic mass is 16.5. The van der Waals surface area contributed by atoms with E-state index in [1.54, 1.807) is 0 Å². The standard InChI is InChI=1S/C22H30N2O/c1-24(15-13-19-6-3-2-4-7-19)17-20-9-11-22(12-10-20)25-18-21-8-5-14-23-16-21/h2-4,6-7,9-12,21,23H,5,8,13-18H2,1H3/t21-/m0/s1. The summed E-state index contributed by atoms with van der Waals surface area (Å²) in [6.07, 6.45) is 3.63. The first kappa shape index (κ1) is 18.0. The summed E-state index contributed by atoms with van der Waals surface area (Å²) < 4.78 is 5.96. The Morgan fingerprint density at radius 1 is 1.04 bits per heavy atom. The zero-order chi connectivity index (χ0) is 17.3. The summed E-state index contributed by atoms with van der Waals surface area (Å²) in [5, 5.41) is 3.44. The second kappa shape index (κ2) is 9.59. The lowest BCUT2D eigenvalue weighted by atomic mass is 10.0. The number of nitrogens with zero attached hydrogens (tertiary/aromatic N) is 1. The first-order chi connectivity index (χ1) is 12.3. The smallest absolute Gasteiger partial charge is 0.119 e. The molecule has 1 fully saturated rings. The Hall–Kier alpha value is -1.84. The van der Waals surface area contributed by atoms with E-state index in [2.05, 4.69) is 71.9 Å². The van der Waals surface area contributed by atoms with Crippen molar-refractivity contribution in [2.75, 3.05) is 33.3 Å². The van der Waals surface area contributed by atoms with Gasteiger partial charge in [0.2, 0.25) is 0 Å². The first-order valence-electron chi connectivity index (χ1n) is 9.44. The molecule has 25 heavy (non-hydrogen) atoms. The van der Waals surface area contributed by atoms with Gasteiger partial charge in [0, 0.05) is 25.6 Å². The quantitative estimate of drug-likeness (QED) is 0.793. The van der Waals surface area contributed by atoms with E-state index >= 15 is 0 Å². The predicted octanol–water partition coefficient (Wildman–Crippen LogP) is 3.74. The van der Waals surface area contributed by atoms with Gasteiger partial charge in [0.1, 0.15) is 5.75 Å². The fourth-order valence-corrected chi connectivity index (χ4v) is 3.33. The number of hydrogen-bond donors (Lipinski definition) is 1. The van der Waals surface area contributed by atoms with Crippen LogP contribution in [0.5, 0.6) is 5.75 Å². The number of ether oxygens (including phenoxy) is 1. The van der Waals surface area contributed by atoms with E-state index in [9.17, 15) is 0 Å². The fourth-order valence-electron chi connectivity index (χ4n) is 3.33. The topological polar surface area (TPSA) is 24.5 Å². The molecule has 0 bridgehead atoms. The van der Waals surface area contributed by atoms with Gasteiger partial charge in [0.25, 0.3) is 0 Å². The molecule has 1 atom stereocenters. The van der Waals surface area contributed by atoms with Crippen LogP contribution in [0, 0.1) is 5.92 Å². The van der Waals surface area contributed by atoms with Crippen LogP contribution < -0.4 is 10.1 Å². The van der Waals surface area contributed by atoms with Crippen LogP contribution in [0.3, 0.4) is 0 Å². The highest BCUT2D eigenvalue weighted by Crippen LogP contribution is 2.17. The second-order valence-electron chi connectivity index (χ2n) is 7.14. The van der Waals surface area contributed by atoms with Crippen molar-refractivity contribution >= 4 is 0 Å². The normalized spacial score (nSPS) is 17.6. The van der Waals surface area contributed by atoms with Crippen molar-refractivity contribution in [2.45, 2.75) is 25.8 Å². The molecule has 2 aromatic carbocycles. The zero-order valence-corrected chi connectivity index (χ0v) is 15.3. The van der Waals surface area contributed by atoms with Crippen molar-refractivity contribution < 1.29 is 4.74 Å². The van der Waals surface area contributed by atoms with Crippen LogP contribution in [0.25, 0.3) is 0 Å². The number of hydrogen-bond acceptors (Lipinski definition) is 3. The van der Waals surface area contributed by atoms with Gasteiger partial charge in [-0.3, -0.25) is 0 Å². The van der Waals surface area contributed by atoms with Crippen molar-refractivity contribution in [3.8, 4) is 5.75 Å². The lowest BCUT2D eigenvalue weighted by Gasteiger charge is -2.22. The molecule has 1 heterocycles. The van der Waals surface area contributed by atoms with E-state index in [0.717, 1.165) is 45.0 Å². The molecule has 1 aliphatic heterocycles. The lowest BCUT2D eigenvalue weighted by molar-refractivity contribution is 0.218. The molecule has 3 nitrogen and oxygen atoms in total. The summed E-state index contributed by atoms with van der Waals surface area (Å²) in [6, 6.07) is 19.3. The van der Waals surface area contributed by atoms with Gasteiger partial charge in [0.15, 0.2) is 0 Å². The van der Waals surface area contributed by atoms with Crippen molar-refractivity contribution in [1.29, 1.82) is 0 Å². The molecular weight excluding hydrogens is 308 g/mol. The summed E-state index contributed by atoms with van der Waals surface area (Å²) in [5.74, 6) is 1.64. The molecule has 1 saturated heterocycles. The molecule has 1 aliphatic rings. The molecule has 3 rings (SSSR count). The maximum absolute atomic E-state index is 5.96.